The Bertz CT molecular complexity index is 557. The van der Waals surface area contributed by atoms with Crippen molar-refractivity contribution in [3.8, 4) is 0 Å². The summed E-state index contributed by atoms with van der Waals surface area (Å²) in [5.41, 5.74) is 0.500. The van der Waals surface area contributed by atoms with Crippen LogP contribution in [-0.4, -0.2) is 36.9 Å². The van der Waals surface area contributed by atoms with Crippen LogP contribution >= 0.6 is 11.3 Å². The predicted molar refractivity (Wildman–Crippen MR) is 64.0 cm³/mol. The van der Waals surface area contributed by atoms with Crippen molar-refractivity contribution in [3.05, 3.63) is 15.8 Å². The third-order valence-electron chi connectivity index (χ3n) is 2.81. The van der Waals surface area contributed by atoms with Crippen molar-refractivity contribution in [1.29, 1.82) is 0 Å². The summed E-state index contributed by atoms with van der Waals surface area (Å²) in [6.45, 7) is 1.62. The molecule has 17 heavy (non-hydrogen) atoms. The van der Waals surface area contributed by atoms with Crippen LogP contribution in [0.5, 0.6) is 0 Å². The fraction of sp³-hybridized carbons (Fsp3) is 0.500. The molecule has 0 aliphatic heterocycles. The molecule has 1 fully saturated rings. The van der Waals surface area contributed by atoms with Gasteiger partial charge in [0.1, 0.15) is 9.77 Å². The van der Waals surface area contributed by atoms with Gasteiger partial charge in [0, 0.05) is 13.1 Å². The molecule has 0 amide bonds. The van der Waals surface area contributed by atoms with Crippen LogP contribution in [0.1, 0.15) is 28.1 Å². The molecule has 94 valence electrons. The molecule has 7 heteroatoms. The standard InChI is InChI=1S/C10H13NO4S2/c1-6-5-16-8(10(12)13)9(6)17(14,15)11(2)7-3-4-7/h5,7H,3-4H2,1-2H3,(H,12,13). The van der Waals surface area contributed by atoms with Crippen molar-refractivity contribution in [3.63, 3.8) is 0 Å². The summed E-state index contributed by atoms with van der Waals surface area (Å²) in [4.78, 5) is 10.9. The minimum Gasteiger partial charge on any atom is -0.477 e. The van der Waals surface area contributed by atoms with E-state index >= 15 is 0 Å². The van der Waals surface area contributed by atoms with Gasteiger partial charge >= 0.3 is 5.97 Å². The Balaban J connectivity index is 2.52. The van der Waals surface area contributed by atoms with Crippen LogP contribution in [0, 0.1) is 6.92 Å². The van der Waals surface area contributed by atoms with Crippen molar-refractivity contribution in [2.24, 2.45) is 0 Å². The second-order valence-corrected chi connectivity index (χ2v) is 6.95. The predicted octanol–water partition coefficient (Wildman–Crippen LogP) is 1.54. The lowest BCUT2D eigenvalue weighted by molar-refractivity contribution is 0.0698. The first-order valence-corrected chi connectivity index (χ1v) is 7.47. The van der Waals surface area contributed by atoms with E-state index in [0.717, 1.165) is 24.2 Å². The van der Waals surface area contributed by atoms with Crippen molar-refractivity contribution in [1.82, 2.24) is 4.31 Å². The maximum Gasteiger partial charge on any atom is 0.347 e. The number of hydrogen-bond donors (Lipinski definition) is 1. The summed E-state index contributed by atoms with van der Waals surface area (Å²) < 4.78 is 25.9. The van der Waals surface area contributed by atoms with Gasteiger partial charge in [-0.25, -0.2) is 13.2 Å². The van der Waals surface area contributed by atoms with E-state index in [0.29, 0.717) is 5.56 Å². The lowest BCUT2D eigenvalue weighted by Gasteiger charge is -2.16. The van der Waals surface area contributed by atoms with E-state index in [1.165, 1.54) is 11.4 Å². The van der Waals surface area contributed by atoms with E-state index < -0.39 is 16.0 Å². The second kappa shape index (κ2) is 4.08. The quantitative estimate of drug-likeness (QED) is 0.904. The number of aromatic carboxylic acids is 1. The third kappa shape index (κ3) is 2.10. The Morgan fingerprint density at radius 1 is 1.53 bits per heavy atom. The molecular formula is C10H13NO4S2. The molecule has 2 rings (SSSR count). The highest BCUT2D eigenvalue weighted by Gasteiger charge is 2.38. The maximum absolute atomic E-state index is 12.3. The van der Waals surface area contributed by atoms with E-state index in [-0.39, 0.29) is 15.8 Å². The monoisotopic (exact) mass is 275 g/mol. The van der Waals surface area contributed by atoms with Crippen LogP contribution < -0.4 is 0 Å². The van der Waals surface area contributed by atoms with E-state index in [4.69, 9.17) is 5.11 Å². The van der Waals surface area contributed by atoms with Gasteiger partial charge in [0.15, 0.2) is 0 Å². The lowest BCUT2D eigenvalue weighted by Crippen LogP contribution is -2.30. The van der Waals surface area contributed by atoms with E-state index in [9.17, 15) is 13.2 Å². The molecule has 5 nitrogen and oxygen atoms in total. The van der Waals surface area contributed by atoms with Gasteiger partial charge in [-0.05, 0) is 30.7 Å². The molecule has 1 aromatic heterocycles. The van der Waals surface area contributed by atoms with Gasteiger partial charge in [0.2, 0.25) is 10.0 Å². The first-order valence-electron chi connectivity index (χ1n) is 5.15. The molecule has 0 spiro atoms. The number of nitrogens with zero attached hydrogens (tertiary/aromatic N) is 1. The molecule has 1 heterocycles. The Morgan fingerprint density at radius 2 is 2.12 bits per heavy atom. The van der Waals surface area contributed by atoms with Gasteiger partial charge in [-0.1, -0.05) is 0 Å². The van der Waals surface area contributed by atoms with Gasteiger partial charge < -0.3 is 5.11 Å². The van der Waals surface area contributed by atoms with Crippen molar-refractivity contribution in [2.75, 3.05) is 7.05 Å². The zero-order chi connectivity index (χ0) is 12.8. The minimum atomic E-state index is -3.68. The van der Waals surface area contributed by atoms with Gasteiger partial charge in [-0.15, -0.1) is 11.3 Å². The van der Waals surface area contributed by atoms with Crippen LogP contribution in [0.15, 0.2) is 10.3 Å². The van der Waals surface area contributed by atoms with Crippen LogP contribution in [0.3, 0.4) is 0 Å². The molecule has 1 aliphatic carbocycles. The largest absolute Gasteiger partial charge is 0.477 e. The van der Waals surface area contributed by atoms with Crippen molar-refractivity contribution < 1.29 is 18.3 Å². The highest BCUT2D eigenvalue weighted by atomic mass is 32.2. The minimum absolute atomic E-state index is 0.0287. The van der Waals surface area contributed by atoms with Crippen LogP contribution in [0.2, 0.25) is 0 Å². The summed E-state index contributed by atoms with van der Waals surface area (Å²) in [6.07, 6.45) is 1.70. The highest BCUT2D eigenvalue weighted by Crippen LogP contribution is 2.34. The van der Waals surface area contributed by atoms with Gasteiger partial charge in [-0.2, -0.15) is 4.31 Å². The smallest absolute Gasteiger partial charge is 0.347 e. The number of carbonyl (C=O) groups is 1. The molecule has 1 aromatic rings. The summed E-state index contributed by atoms with van der Waals surface area (Å²) in [6, 6.07) is 0.0287. The zero-order valence-electron chi connectivity index (χ0n) is 9.50. The first kappa shape index (κ1) is 12.5. The number of carboxylic acids is 1. The van der Waals surface area contributed by atoms with E-state index in [2.05, 4.69) is 0 Å². The maximum atomic E-state index is 12.3. The number of sulfonamides is 1. The van der Waals surface area contributed by atoms with Crippen molar-refractivity contribution in [2.45, 2.75) is 30.7 Å². The fourth-order valence-corrected chi connectivity index (χ4v) is 4.67. The van der Waals surface area contributed by atoms with Crippen LogP contribution in [0.25, 0.3) is 0 Å². The molecule has 0 saturated heterocycles. The Labute approximate surface area is 104 Å². The normalized spacial score (nSPS) is 16.4. The Morgan fingerprint density at radius 3 is 2.59 bits per heavy atom. The molecule has 1 N–H and O–H groups in total. The SMILES string of the molecule is Cc1csc(C(=O)O)c1S(=O)(=O)N(C)C1CC1. The van der Waals surface area contributed by atoms with Crippen molar-refractivity contribution >= 4 is 27.3 Å². The second-order valence-electron chi connectivity index (χ2n) is 4.13. The Hall–Kier alpha value is -0.920. The lowest BCUT2D eigenvalue weighted by atomic mass is 10.3. The van der Waals surface area contributed by atoms with Gasteiger partial charge in [0.05, 0.1) is 0 Å². The molecule has 1 saturated carbocycles. The molecule has 0 bridgehead atoms. The average Bonchev–Trinajstić information content (AvgIpc) is 2.99. The van der Waals surface area contributed by atoms with E-state index in [1.807, 2.05) is 0 Å². The Kier molecular flexibility index (Phi) is 3.01. The third-order valence-corrected chi connectivity index (χ3v) is 6.12. The number of carboxylic acid groups (broad SMARTS) is 1. The first-order chi connectivity index (χ1) is 7.85. The highest BCUT2D eigenvalue weighted by molar-refractivity contribution is 7.89. The zero-order valence-corrected chi connectivity index (χ0v) is 11.1. The average molecular weight is 275 g/mol. The number of rotatable bonds is 4. The van der Waals surface area contributed by atoms with Gasteiger partial charge in [-0.3, -0.25) is 0 Å². The molecule has 0 atom stereocenters. The summed E-state index contributed by atoms with van der Waals surface area (Å²) in [5.74, 6) is -1.19. The van der Waals surface area contributed by atoms with E-state index in [1.54, 1.807) is 12.3 Å². The van der Waals surface area contributed by atoms with Gasteiger partial charge in [0.25, 0.3) is 0 Å². The number of aryl methyl sites for hydroxylation is 1. The summed E-state index contributed by atoms with van der Waals surface area (Å²) >= 11 is 0.955. The van der Waals surface area contributed by atoms with Crippen LogP contribution in [-0.2, 0) is 10.0 Å². The molecule has 0 aromatic carbocycles. The fourth-order valence-electron chi connectivity index (χ4n) is 1.68. The summed E-state index contributed by atoms with van der Waals surface area (Å²) in [5, 5.41) is 10.6. The number of hydrogen-bond acceptors (Lipinski definition) is 4. The topological polar surface area (TPSA) is 74.7 Å². The summed E-state index contributed by atoms with van der Waals surface area (Å²) in [7, 11) is -2.17. The molecular weight excluding hydrogens is 262 g/mol. The molecule has 1 aliphatic rings. The van der Waals surface area contributed by atoms with Crippen LogP contribution in [0.4, 0.5) is 0 Å². The molecule has 0 radical (unpaired) electrons. The number of thiophene rings is 1. The molecule has 0 unspecified atom stereocenters.